The first-order valence-corrected chi connectivity index (χ1v) is 14.4. The van der Waals surface area contributed by atoms with Gasteiger partial charge >= 0.3 is 0 Å². The number of amides is 1. The van der Waals surface area contributed by atoms with Crippen LogP contribution in [0.1, 0.15) is 51.4 Å². The molecule has 2 N–H and O–H groups in total. The molecule has 0 aliphatic carbocycles. The molecule has 4 rings (SSSR count). The van der Waals surface area contributed by atoms with Crippen molar-refractivity contribution in [3.8, 4) is 0 Å². The lowest BCUT2D eigenvalue weighted by Gasteiger charge is -2.30. The highest BCUT2D eigenvalue weighted by atomic mass is 31.2. The Morgan fingerprint density at radius 2 is 1.31 bits per heavy atom. The summed E-state index contributed by atoms with van der Waals surface area (Å²) in [5.74, 6) is 0.0827. The minimum Gasteiger partial charge on any atom is -0.799 e. The summed E-state index contributed by atoms with van der Waals surface area (Å²) in [6, 6.07) is 8.82. The van der Waals surface area contributed by atoms with E-state index in [4.69, 9.17) is 0 Å². The highest BCUT2D eigenvalue weighted by Crippen LogP contribution is 2.32. The van der Waals surface area contributed by atoms with Crippen molar-refractivity contribution in [2.75, 3.05) is 13.1 Å². The zero-order chi connectivity index (χ0) is 25.5. The van der Waals surface area contributed by atoms with Crippen molar-refractivity contribution >= 4 is 46.0 Å². The number of benzene rings is 2. The SMILES string of the molecule is C[n+]1cc2ccc3c[n+](CCCCCC(=O)NCCCCCCNP(=O)([O-])[O-])cc4ccc(c1)c2c34. The van der Waals surface area contributed by atoms with E-state index in [1.54, 1.807) is 0 Å². The minimum atomic E-state index is -4.61. The first-order chi connectivity index (χ1) is 17.3. The summed E-state index contributed by atoms with van der Waals surface area (Å²) in [6.07, 6.45) is 15.4. The van der Waals surface area contributed by atoms with Crippen LogP contribution in [0.25, 0.3) is 32.3 Å². The summed E-state index contributed by atoms with van der Waals surface area (Å²) in [6.45, 7) is 1.74. The van der Waals surface area contributed by atoms with Crippen LogP contribution in [0.3, 0.4) is 0 Å². The molecule has 2 heterocycles. The number of hydrogen-bond donors (Lipinski definition) is 2. The van der Waals surface area contributed by atoms with Crippen molar-refractivity contribution in [3.63, 3.8) is 0 Å². The average Bonchev–Trinajstić information content (AvgIpc) is 2.82. The molecule has 1 amide bonds. The van der Waals surface area contributed by atoms with E-state index < -0.39 is 7.75 Å². The Kier molecular flexibility index (Phi) is 8.86. The van der Waals surface area contributed by atoms with Gasteiger partial charge in [-0.1, -0.05) is 12.8 Å². The van der Waals surface area contributed by atoms with E-state index >= 15 is 0 Å². The Morgan fingerprint density at radius 1 is 0.778 bits per heavy atom. The van der Waals surface area contributed by atoms with E-state index in [-0.39, 0.29) is 12.5 Å². The molecule has 9 heteroatoms. The number of nitrogens with one attached hydrogen (secondary N) is 2. The van der Waals surface area contributed by atoms with Crippen molar-refractivity contribution in [1.29, 1.82) is 0 Å². The van der Waals surface area contributed by atoms with Crippen LogP contribution in [0.2, 0.25) is 0 Å². The van der Waals surface area contributed by atoms with Gasteiger partial charge in [0.15, 0.2) is 24.8 Å². The molecule has 192 valence electrons. The highest BCUT2D eigenvalue weighted by molar-refractivity contribution is 7.46. The van der Waals surface area contributed by atoms with Crippen molar-refractivity contribution in [1.82, 2.24) is 10.4 Å². The molecular weight excluding hydrogens is 475 g/mol. The van der Waals surface area contributed by atoms with Crippen LogP contribution in [0.15, 0.2) is 49.1 Å². The van der Waals surface area contributed by atoms with Gasteiger partial charge in [0, 0.05) is 51.7 Å². The maximum atomic E-state index is 12.0. The van der Waals surface area contributed by atoms with Crippen LogP contribution < -0.4 is 29.3 Å². The van der Waals surface area contributed by atoms with Crippen LogP contribution in [0.5, 0.6) is 0 Å². The van der Waals surface area contributed by atoms with Crippen LogP contribution in [0, 0.1) is 0 Å². The number of hydrogen-bond acceptors (Lipinski definition) is 4. The first-order valence-electron chi connectivity index (χ1n) is 12.8. The third-order valence-electron chi connectivity index (χ3n) is 6.64. The van der Waals surface area contributed by atoms with Gasteiger partial charge in [-0.25, -0.2) is 9.13 Å². The molecule has 36 heavy (non-hydrogen) atoms. The Labute approximate surface area is 211 Å². The summed E-state index contributed by atoms with van der Waals surface area (Å²) >= 11 is 0. The lowest BCUT2D eigenvalue weighted by atomic mass is 9.97. The second kappa shape index (κ2) is 12.1. The Bertz CT molecular complexity index is 1300. The normalized spacial score (nSPS) is 12.2. The molecule has 0 bridgehead atoms. The quantitative estimate of drug-likeness (QED) is 0.117. The number of pyridine rings is 2. The zero-order valence-electron chi connectivity index (χ0n) is 20.9. The summed E-state index contributed by atoms with van der Waals surface area (Å²) < 4.78 is 14.9. The van der Waals surface area contributed by atoms with Crippen LogP contribution in [-0.4, -0.2) is 19.0 Å². The van der Waals surface area contributed by atoms with Gasteiger partial charge in [0.2, 0.25) is 5.91 Å². The monoisotopic (exact) mass is 510 g/mol. The smallest absolute Gasteiger partial charge is 0.219 e. The summed E-state index contributed by atoms with van der Waals surface area (Å²) in [5.41, 5.74) is 0. The second-order valence-electron chi connectivity index (χ2n) is 9.64. The third kappa shape index (κ3) is 7.20. The molecule has 0 atom stereocenters. The Morgan fingerprint density at radius 3 is 1.89 bits per heavy atom. The molecule has 0 spiro atoms. The van der Waals surface area contributed by atoms with Gasteiger partial charge in [-0.05, 0) is 64.2 Å². The van der Waals surface area contributed by atoms with E-state index in [2.05, 4.69) is 70.6 Å². The van der Waals surface area contributed by atoms with Crippen molar-refractivity contribution in [2.45, 2.75) is 57.9 Å². The van der Waals surface area contributed by atoms with E-state index in [1.807, 2.05) is 5.09 Å². The standard InChI is InChI=1S/C27H35N4O4P/c1-30-17-21-10-12-23-19-31(20-24-13-11-22(18-30)26(21)27(23)24)16-8-4-5-9-25(32)28-14-6-2-3-7-15-29-36(33,34)35/h10-13,17-20H,2-9,14-16H2,1H3,(H2-2,28,29,32,33,34,35). The molecule has 0 radical (unpaired) electrons. The predicted octanol–water partition coefficient (Wildman–Crippen LogP) is 2.35. The van der Waals surface area contributed by atoms with Crippen molar-refractivity contribution in [2.24, 2.45) is 7.05 Å². The molecule has 0 saturated heterocycles. The number of aryl methyl sites for hydroxylation is 2. The second-order valence-corrected chi connectivity index (χ2v) is 10.9. The molecule has 0 aliphatic heterocycles. The number of carbonyl (C=O) groups is 1. The molecule has 4 aromatic rings. The molecule has 0 aliphatic rings. The van der Waals surface area contributed by atoms with Crippen molar-refractivity contribution in [3.05, 3.63) is 49.1 Å². The molecule has 0 unspecified atom stereocenters. The first kappa shape index (κ1) is 26.4. The lowest BCUT2D eigenvalue weighted by molar-refractivity contribution is -0.695. The van der Waals surface area contributed by atoms with E-state index in [0.29, 0.717) is 19.4 Å². The number of nitrogens with zero attached hydrogens (tertiary/aromatic N) is 2. The fraction of sp³-hybridized carbons (Fsp3) is 0.444. The minimum absolute atomic E-state index is 0.0827. The van der Waals surface area contributed by atoms with Gasteiger partial charge in [-0.3, -0.25) is 9.88 Å². The van der Waals surface area contributed by atoms with E-state index in [1.165, 1.54) is 32.3 Å². The maximum Gasteiger partial charge on any atom is 0.219 e. The third-order valence-corrected chi connectivity index (χ3v) is 7.25. The fourth-order valence-electron chi connectivity index (χ4n) is 4.93. The molecule has 0 saturated carbocycles. The largest absolute Gasteiger partial charge is 0.799 e. The number of unbranched alkanes of at least 4 members (excludes halogenated alkanes) is 5. The lowest BCUT2D eigenvalue weighted by Crippen LogP contribution is -2.33. The van der Waals surface area contributed by atoms with Crippen LogP contribution >= 0.6 is 7.75 Å². The van der Waals surface area contributed by atoms with Gasteiger partial charge < -0.3 is 19.7 Å². The molecule has 2 aromatic heterocycles. The highest BCUT2D eigenvalue weighted by Gasteiger charge is 2.15. The molecule has 2 aromatic carbocycles. The molecular formula is C27H35N4O4P. The summed E-state index contributed by atoms with van der Waals surface area (Å²) in [4.78, 5) is 33.0. The van der Waals surface area contributed by atoms with E-state index in [9.17, 15) is 19.1 Å². The predicted molar refractivity (Wildman–Crippen MR) is 137 cm³/mol. The number of carbonyl (C=O) groups excluding carboxylic acids is 1. The summed E-state index contributed by atoms with van der Waals surface area (Å²) in [7, 11) is -2.55. The average molecular weight is 511 g/mol. The van der Waals surface area contributed by atoms with Crippen molar-refractivity contribution < 1.29 is 28.3 Å². The van der Waals surface area contributed by atoms with Crippen LogP contribution in [-0.2, 0) is 23.0 Å². The molecule has 0 fully saturated rings. The van der Waals surface area contributed by atoms with Crippen LogP contribution in [0.4, 0.5) is 0 Å². The topological polar surface area (TPSA) is 112 Å². The van der Waals surface area contributed by atoms with Gasteiger partial charge in [-0.2, -0.15) is 0 Å². The van der Waals surface area contributed by atoms with Gasteiger partial charge in [-0.15, -0.1) is 0 Å². The number of rotatable bonds is 14. The number of aromatic nitrogens is 2. The van der Waals surface area contributed by atoms with Gasteiger partial charge in [0.1, 0.15) is 13.6 Å². The zero-order valence-corrected chi connectivity index (χ0v) is 21.8. The summed E-state index contributed by atoms with van der Waals surface area (Å²) in [5, 5.41) is 12.6. The van der Waals surface area contributed by atoms with Gasteiger partial charge in [0.25, 0.3) is 0 Å². The van der Waals surface area contributed by atoms with Gasteiger partial charge in [0.05, 0.1) is 0 Å². The maximum absolute atomic E-state index is 12.0. The Hall–Kier alpha value is -2.64. The fourth-order valence-corrected chi connectivity index (χ4v) is 5.36. The van der Waals surface area contributed by atoms with E-state index in [0.717, 1.165) is 45.1 Å². The molecule has 8 nitrogen and oxygen atoms in total. The Balaban J connectivity index is 1.15.